The van der Waals surface area contributed by atoms with Gasteiger partial charge in [-0.05, 0) is 59.9 Å². The van der Waals surface area contributed by atoms with E-state index in [1.165, 1.54) is 16.9 Å². The van der Waals surface area contributed by atoms with E-state index in [2.05, 4.69) is 10.6 Å². The van der Waals surface area contributed by atoms with Gasteiger partial charge in [0, 0.05) is 5.69 Å². The van der Waals surface area contributed by atoms with Crippen molar-refractivity contribution < 1.29 is 9.59 Å². The second-order valence-electron chi connectivity index (χ2n) is 7.08. The van der Waals surface area contributed by atoms with Gasteiger partial charge >= 0.3 is 0 Å². The number of nitrogens with one attached hydrogen (secondary N) is 2. The number of nitrogens with two attached hydrogens (primary N) is 1. The zero-order valence-electron chi connectivity index (χ0n) is 15.5. The van der Waals surface area contributed by atoms with E-state index in [9.17, 15) is 9.59 Å². The Kier molecular flexibility index (Phi) is 7.27. The molecule has 7 heteroatoms. The largest absolute Gasteiger partial charge is 0.399 e. The lowest BCUT2D eigenvalue weighted by molar-refractivity contribution is -0.124. The summed E-state index contributed by atoms with van der Waals surface area (Å²) in [6.07, 6.45) is 2.89. The Bertz CT molecular complexity index is 793. The molecule has 4 N–H and O–H groups in total. The van der Waals surface area contributed by atoms with Gasteiger partial charge in [-0.25, -0.2) is 0 Å². The molecule has 1 aromatic heterocycles. The van der Waals surface area contributed by atoms with E-state index < -0.39 is 6.04 Å². The minimum absolute atomic E-state index is 0. The maximum atomic E-state index is 12.9. The number of thiophene rings is 1. The standard InChI is InChI=1S/C20H25N3O2S.ClH/c1-12(2)18(23-19(24)17-7-4-10-26-17)20(25)22-16-6-3-5-13-11-14(21)8-9-15(13)16;/h4,7-12,16,18H,3,5-6,21H2,1-2H3,(H,22,25)(H,23,24);1H. The van der Waals surface area contributed by atoms with Crippen molar-refractivity contribution in [3.8, 4) is 0 Å². The van der Waals surface area contributed by atoms with Crippen LogP contribution in [0, 0.1) is 5.92 Å². The van der Waals surface area contributed by atoms with Crippen molar-refractivity contribution in [1.29, 1.82) is 0 Å². The zero-order valence-corrected chi connectivity index (χ0v) is 17.2. The molecule has 0 saturated heterocycles. The highest BCUT2D eigenvalue weighted by Gasteiger charge is 2.29. The number of hydrogen-bond acceptors (Lipinski definition) is 4. The van der Waals surface area contributed by atoms with Gasteiger partial charge in [0.15, 0.2) is 0 Å². The number of hydrogen-bond donors (Lipinski definition) is 3. The van der Waals surface area contributed by atoms with Gasteiger partial charge in [0.25, 0.3) is 5.91 Å². The third kappa shape index (κ3) is 5.02. The fourth-order valence-corrected chi connectivity index (χ4v) is 4.03. The monoisotopic (exact) mass is 407 g/mol. The van der Waals surface area contributed by atoms with Crippen LogP contribution in [0.5, 0.6) is 0 Å². The molecule has 0 bridgehead atoms. The average molecular weight is 408 g/mol. The van der Waals surface area contributed by atoms with E-state index >= 15 is 0 Å². The Labute approximate surface area is 170 Å². The number of amides is 2. The quantitative estimate of drug-likeness (QED) is 0.660. The number of nitrogen functional groups attached to an aromatic ring is 1. The first-order valence-electron chi connectivity index (χ1n) is 8.98. The van der Waals surface area contributed by atoms with Crippen molar-refractivity contribution in [2.75, 3.05) is 5.73 Å². The molecule has 2 aromatic rings. The maximum absolute atomic E-state index is 12.9. The molecule has 1 heterocycles. The van der Waals surface area contributed by atoms with Gasteiger partial charge in [-0.3, -0.25) is 9.59 Å². The number of rotatable bonds is 5. The number of benzene rings is 1. The third-order valence-corrected chi connectivity index (χ3v) is 5.65. The number of carbonyl (C=O) groups is 2. The predicted molar refractivity (Wildman–Crippen MR) is 112 cm³/mol. The molecule has 0 fully saturated rings. The van der Waals surface area contributed by atoms with E-state index in [1.54, 1.807) is 6.07 Å². The van der Waals surface area contributed by atoms with Crippen LogP contribution < -0.4 is 16.4 Å². The van der Waals surface area contributed by atoms with Gasteiger partial charge in [-0.1, -0.05) is 26.0 Å². The molecule has 5 nitrogen and oxygen atoms in total. The number of halogens is 1. The lowest BCUT2D eigenvalue weighted by Gasteiger charge is -2.29. The zero-order chi connectivity index (χ0) is 18.7. The van der Waals surface area contributed by atoms with Crippen LogP contribution >= 0.6 is 23.7 Å². The van der Waals surface area contributed by atoms with Crippen molar-refractivity contribution in [2.24, 2.45) is 5.92 Å². The molecule has 0 spiro atoms. The summed E-state index contributed by atoms with van der Waals surface area (Å²) in [5, 5.41) is 7.87. The van der Waals surface area contributed by atoms with Crippen LogP contribution in [0.1, 0.15) is 53.5 Å². The van der Waals surface area contributed by atoms with E-state index in [4.69, 9.17) is 5.73 Å². The Hall–Kier alpha value is -2.05. The van der Waals surface area contributed by atoms with Crippen LogP contribution in [0.3, 0.4) is 0 Å². The van der Waals surface area contributed by atoms with E-state index in [1.807, 2.05) is 43.5 Å². The lowest BCUT2D eigenvalue weighted by atomic mass is 9.87. The summed E-state index contributed by atoms with van der Waals surface area (Å²) >= 11 is 1.37. The van der Waals surface area contributed by atoms with Gasteiger partial charge < -0.3 is 16.4 Å². The summed E-state index contributed by atoms with van der Waals surface area (Å²) in [7, 11) is 0. The molecule has 1 aliphatic rings. The Balaban J connectivity index is 0.00000261. The summed E-state index contributed by atoms with van der Waals surface area (Å²) in [6.45, 7) is 3.88. The second kappa shape index (κ2) is 9.24. The first-order valence-corrected chi connectivity index (χ1v) is 9.86. The summed E-state index contributed by atoms with van der Waals surface area (Å²) < 4.78 is 0. The summed E-state index contributed by atoms with van der Waals surface area (Å²) in [5.41, 5.74) is 8.96. The number of aryl methyl sites for hydroxylation is 1. The van der Waals surface area contributed by atoms with Gasteiger partial charge in [-0.15, -0.1) is 23.7 Å². The molecule has 3 rings (SSSR count). The van der Waals surface area contributed by atoms with Crippen LogP contribution in [0.15, 0.2) is 35.7 Å². The fourth-order valence-electron chi connectivity index (χ4n) is 3.40. The van der Waals surface area contributed by atoms with Crippen molar-refractivity contribution in [3.05, 3.63) is 51.7 Å². The molecule has 27 heavy (non-hydrogen) atoms. The molecule has 2 amide bonds. The highest BCUT2D eigenvalue weighted by atomic mass is 35.5. The van der Waals surface area contributed by atoms with Crippen molar-refractivity contribution in [3.63, 3.8) is 0 Å². The minimum Gasteiger partial charge on any atom is -0.399 e. The van der Waals surface area contributed by atoms with Gasteiger partial charge in [-0.2, -0.15) is 0 Å². The van der Waals surface area contributed by atoms with E-state index in [-0.39, 0.29) is 36.2 Å². The van der Waals surface area contributed by atoms with Crippen LogP contribution in [0.4, 0.5) is 5.69 Å². The first kappa shape index (κ1) is 21.3. The highest BCUT2D eigenvalue weighted by molar-refractivity contribution is 7.12. The summed E-state index contributed by atoms with van der Waals surface area (Å²) in [5.74, 6) is -0.348. The summed E-state index contributed by atoms with van der Waals surface area (Å²) in [6, 6.07) is 8.86. The Morgan fingerprint density at radius 2 is 2.04 bits per heavy atom. The molecular weight excluding hydrogens is 382 g/mol. The van der Waals surface area contributed by atoms with Crippen LogP contribution in [-0.4, -0.2) is 17.9 Å². The predicted octanol–water partition coefficient (Wildman–Crippen LogP) is 3.70. The average Bonchev–Trinajstić information content (AvgIpc) is 3.13. The SMILES string of the molecule is CC(C)C(NC(=O)c1cccs1)C(=O)NC1CCCc2cc(N)ccc21.Cl. The van der Waals surface area contributed by atoms with Crippen LogP contribution in [0.25, 0.3) is 0 Å². The summed E-state index contributed by atoms with van der Waals surface area (Å²) in [4.78, 5) is 25.9. The highest BCUT2D eigenvalue weighted by Crippen LogP contribution is 2.31. The molecular formula is C20H26ClN3O2S. The van der Waals surface area contributed by atoms with Crippen LogP contribution in [-0.2, 0) is 11.2 Å². The molecule has 2 atom stereocenters. The fraction of sp³-hybridized carbons (Fsp3) is 0.400. The number of fused-ring (bicyclic) bond motifs is 1. The number of carbonyl (C=O) groups excluding carboxylic acids is 2. The maximum Gasteiger partial charge on any atom is 0.262 e. The molecule has 0 saturated carbocycles. The van der Waals surface area contributed by atoms with Gasteiger partial charge in [0.1, 0.15) is 6.04 Å². The first-order chi connectivity index (χ1) is 12.5. The van der Waals surface area contributed by atoms with Crippen LogP contribution in [0.2, 0.25) is 0 Å². The Morgan fingerprint density at radius 3 is 2.70 bits per heavy atom. The normalized spacial score (nSPS) is 16.8. The van der Waals surface area contributed by atoms with Gasteiger partial charge in [0.05, 0.1) is 10.9 Å². The lowest BCUT2D eigenvalue weighted by Crippen LogP contribution is -2.50. The smallest absolute Gasteiger partial charge is 0.262 e. The van der Waals surface area contributed by atoms with Crippen molar-refractivity contribution in [2.45, 2.75) is 45.2 Å². The van der Waals surface area contributed by atoms with E-state index in [0.717, 1.165) is 30.5 Å². The molecule has 146 valence electrons. The van der Waals surface area contributed by atoms with Crippen molar-refractivity contribution >= 4 is 41.2 Å². The van der Waals surface area contributed by atoms with Gasteiger partial charge in [0.2, 0.25) is 5.91 Å². The third-order valence-electron chi connectivity index (χ3n) is 4.78. The topological polar surface area (TPSA) is 84.2 Å². The molecule has 2 unspecified atom stereocenters. The minimum atomic E-state index is -0.566. The number of anilines is 1. The molecule has 1 aromatic carbocycles. The van der Waals surface area contributed by atoms with Crippen molar-refractivity contribution in [1.82, 2.24) is 10.6 Å². The molecule has 1 aliphatic carbocycles. The second-order valence-corrected chi connectivity index (χ2v) is 8.03. The molecule has 0 radical (unpaired) electrons. The Morgan fingerprint density at radius 1 is 1.26 bits per heavy atom. The van der Waals surface area contributed by atoms with E-state index in [0.29, 0.717) is 4.88 Å². The molecule has 0 aliphatic heterocycles.